The first kappa shape index (κ1) is 28.7. The van der Waals surface area contributed by atoms with Gasteiger partial charge in [0.2, 0.25) is 0 Å². The second kappa shape index (κ2) is 11.2. The van der Waals surface area contributed by atoms with Gasteiger partial charge in [-0.25, -0.2) is 0 Å². The first-order valence-corrected chi connectivity index (χ1v) is 18.8. The molecule has 0 fully saturated rings. The van der Waals surface area contributed by atoms with E-state index in [4.69, 9.17) is 4.98 Å². The van der Waals surface area contributed by atoms with Gasteiger partial charge in [-0.1, -0.05) is 121 Å². The molecule has 238 valence electrons. The van der Waals surface area contributed by atoms with Gasteiger partial charge in [0.15, 0.2) is 0 Å². The molecule has 2 nitrogen and oxygen atoms in total. The largest absolute Gasteiger partial charge is 0.309 e. The van der Waals surface area contributed by atoms with Crippen LogP contribution < -0.4 is 0 Å². The van der Waals surface area contributed by atoms with Crippen LogP contribution >= 0.6 is 22.7 Å². The van der Waals surface area contributed by atoms with E-state index in [2.05, 4.69) is 168 Å². The van der Waals surface area contributed by atoms with Crippen LogP contribution in [0.25, 0.3) is 101 Å². The minimum atomic E-state index is 1.04. The highest BCUT2D eigenvalue weighted by atomic mass is 32.1. The Balaban J connectivity index is 1.10. The molecular formula is C47H28N2S2. The number of para-hydroxylation sites is 2. The number of fused-ring (bicyclic) bond motifs is 9. The van der Waals surface area contributed by atoms with E-state index in [1.807, 2.05) is 28.9 Å². The lowest BCUT2D eigenvalue weighted by Crippen LogP contribution is -1.93. The molecule has 0 aliphatic heterocycles. The smallest absolute Gasteiger partial charge is 0.0886 e. The van der Waals surface area contributed by atoms with Gasteiger partial charge in [0.25, 0.3) is 0 Å². The van der Waals surface area contributed by atoms with Gasteiger partial charge in [-0.2, -0.15) is 0 Å². The molecule has 0 saturated heterocycles. The Bertz CT molecular complexity index is 3110. The van der Waals surface area contributed by atoms with Crippen molar-refractivity contribution >= 4 is 84.8 Å². The number of benzene rings is 7. The molecule has 11 rings (SSSR count). The average molecular weight is 685 g/mol. The van der Waals surface area contributed by atoms with Gasteiger partial charge in [0, 0.05) is 69.4 Å². The van der Waals surface area contributed by atoms with Crippen molar-refractivity contribution in [2.75, 3.05) is 0 Å². The normalized spacial score (nSPS) is 11.9. The van der Waals surface area contributed by atoms with Crippen LogP contribution in [0.15, 0.2) is 170 Å². The average Bonchev–Trinajstić information content (AvgIpc) is 3.87. The summed E-state index contributed by atoms with van der Waals surface area (Å²) in [5, 5.41) is 7.68. The molecule has 4 heteroatoms. The summed E-state index contributed by atoms with van der Waals surface area (Å²) in [5.41, 5.74) is 10.7. The molecule has 0 unspecified atom stereocenters. The topological polar surface area (TPSA) is 17.8 Å². The minimum Gasteiger partial charge on any atom is -0.309 e. The Morgan fingerprint density at radius 2 is 0.902 bits per heavy atom. The van der Waals surface area contributed by atoms with Crippen LogP contribution in [0, 0.1) is 0 Å². The summed E-state index contributed by atoms with van der Waals surface area (Å²) in [4.78, 5) is 5.02. The number of hydrogen-bond donors (Lipinski definition) is 0. The minimum absolute atomic E-state index is 1.04. The summed E-state index contributed by atoms with van der Waals surface area (Å²) >= 11 is 3.72. The quantitative estimate of drug-likeness (QED) is 0.180. The zero-order valence-corrected chi connectivity index (χ0v) is 29.0. The summed E-state index contributed by atoms with van der Waals surface area (Å²) < 4.78 is 7.53. The molecule has 4 aromatic heterocycles. The summed E-state index contributed by atoms with van der Waals surface area (Å²) in [6.45, 7) is 0. The van der Waals surface area contributed by atoms with Gasteiger partial charge in [0.1, 0.15) is 0 Å². The summed E-state index contributed by atoms with van der Waals surface area (Å²) in [5.74, 6) is 0. The molecule has 0 bridgehead atoms. The second-order valence-electron chi connectivity index (χ2n) is 13.1. The van der Waals surface area contributed by atoms with E-state index in [1.54, 1.807) is 0 Å². The Kier molecular flexibility index (Phi) is 6.32. The molecule has 0 radical (unpaired) electrons. The van der Waals surface area contributed by atoms with E-state index < -0.39 is 0 Å². The fourth-order valence-corrected chi connectivity index (χ4v) is 10.5. The molecule has 51 heavy (non-hydrogen) atoms. The fraction of sp³-hybridized carbons (Fsp3) is 0. The highest BCUT2D eigenvalue weighted by Crippen LogP contribution is 2.46. The third kappa shape index (κ3) is 4.31. The van der Waals surface area contributed by atoms with Crippen molar-refractivity contribution < 1.29 is 0 Å². The van der Waals surface area contributed by atoms with Crippen LogP contribution in [0.4, 0.5) is 0 Å². The molecule has 0 saturated carbocycles. The predicted octanol–water partition coefficient (Wildman–Crippen LogP) is 13.9. The number of aromatic nitrogens is 2. The van der Waals surface area contributed by atoms with Gasteiger partial charge in [-0.15, -0.1) is 22.7 Å². The number of rotatable bonds is 4. The summed E-state index contributed by atoms with van der Waals surface area (Å²) in [6, 6.07) is 59.7. The predicted molar refractivity (Wildman–Crippen MR) is 221 cm³/mol. The Hall–Kier alpha value is -6.07. The zero-order chi connectivity index (χ0) is 33.5. The van der Waals surface area contributed by atoms with Crippen molar-refractivity contribution in [3.8, 4) is 39.2 Å². The van der Waals surface area contributed by atoms with Crippen molar-refractivity contribution in [2.45, 2.75) is 0 Å². The van der Waals surface area contributed by atoms with E-state index in [0.29, 0.717) is 0 Å². The third-order valence-electron chi connectivity index (χ3n) is 10.3. The van der Waals surface area contributed by atoms with Crippen molar-refractivity contribution in [1.29, 1.82) is 0 Å². The van der Waals surface area contributed by atoms with E-state index in [-0.39, 0.29) is 0 Å². The van der Waals surface area contributed by atoms with E-state index >= 15 is 0 Å². The number of hydrogen-bond acceptors (Lipinski definition) is 3. The fourth-order valence-electron chi connectivity index (χ4n) is 8.06. The lowest BCUT2D eigenvalue weighted by molar-refractivity contribution is 1.19. The van der Waals surface area contributed by atoms with Crippen LogP contribution in [0.3, 0.4) is 0 Å². The van der Waals surface area contributed by atoms with Crippen LogP contribution in [0.2, 0.25) is 0 Å². The molecule has 7 aromatic carbocycles. The van der Waals surface area contributed by atoms with Crippen molar-refractivity contribution in [2.24, 2.45) is 0 Å². The molecule has 0 aliphatic carbocycles. The molecule has 0 atom stereocenters. The Labute approximate surface area is 302 Å². The van der Waals surface area contributed by atoms with Crippen molar-refractivity contribution in [1.82, 2.24) is 9.55 Å². The van der Waals surface area contributed by atoms with Crippen LogP contribution in [-0.2, 0) is 0 Å². The van der Waals surface area contributed by atoms with E-state index in [0.717, 1.165) is 11.3 Å². The molecule has 11 aromatic rings. The monoisotopic (exact) mass is 684 g/mol. The highest BCUT2D eigenvalue weighted by molar-refractivity contribution is 7.26. The van der Waals surface area contributed by atoms with Gasteiger partial charge in [-0.05, 0) is 59.2 Å². The molecular weight excluding hydrogens is 657 g/mol. The lowest BCUT2D eigenvalue weighted by atomic mass is 9.90. The third-order valence-corrected chi connectivity index (χ3v) is 12.7. The van der Waals surface area contributed by atoms with E-state index in [1.165, 1.54) is 90.1 Å². The maximum atomic E-state index is 5.02. The second-order valence-corrected chi connectivity index (χ2v) is 15.2. The standard InChI is InChI=1S/C47H28N2S2/c1-2-14-32(30(12-1)31-13-3-4-18-36(31)45-47-39(26-27-48-45)35-17-7-10-23-43(35)51-47)37-19-11-20-38-40-28-29(24-25-44(40)50-46(37)38)49-41-21-8-5-15-33(41)34-16-6-9-22-42(34)49/h1-28H. The zero-order valence-electron chi connectivity index (χ0n) is 27.4. The van der Waals surface area contributed by atoms with Gasteiger partial charge < -0.3 is 4.57 Å². The molecule has 4 heterocycles. The Morgan fingerprint density at radius 1 is 0.373 bits per heavy atom. The first-order valence-electron chi connectivity index (χ1n) is 17.2. The van der Waals surface area contributed by atoms with Gasteiger partial charge in [0.05, 0.1) is 21.4 Å². The summed E-state index contributed by atoms with van der Waals surface area (Å²) in [7, 11) is 0. The molecule has 0 amide bonds. The van der Waals surface area contributed by atoms with Gasteiger partial charge >= 0.3 is 0 Å². The van der Waals surface area contributed by atoms with Gasteiger partial charge in [-0.3, -0.25) is 4.98 Å². The molecule has 0 spiro atoms. The maximum absolute atomic E-state index is 5.02. The van der Waals surface area contributed by atoms with Crippen molar-refractivity contribution in [3.63, 3.8) is 0 Å². The SMILES string of the molecule is c1ccc(-c2cccc3c2sc2ccc(-n4c5ccccc5c5ccccc54)cc23)c(-c2ccccc2-c2nccc3c2sc2ccccc23)c1. The number of thiophene rings is 2. The van der Waals surface area contributed by atoms with Crippen molar-refractivity contribution in [3.05, 3.63) is 170 Å². The Morgan fingerprint density at radius 3 is 1.67 bits per heavy atom. The van der Waals surface area contributed by atoms with Crippen LogP contribution in [0.5, 0.6) is 0 Å². The van der Waals surface area contributed by atoms with Crippen LogP contribution in [-0.4, -0.2) is 9.55 Å². The molecule has 0 aliphatic rings. The lowest BCUT2D eigenvalue weighted by Gasteiger charge is -2.15. The van der Waals surface area contributed by atoms with Crippen LogP contribution in [0.1, 0.15) is 0 Å². The maximum Gasteiger partial charge on any atom is 0.0886 e. The first-order chi connectivity index (χ1) is 25.3. The van der Waals surface area contributed by atoms with E-state index in [9.17, 15) is 0 Å². The highest BCUT2D eigenvalue weighted by Gasteiger charge is 2.20. The summed E-state index contributed by atoms with van der Waals surface area (Å²) in [6.07, 6.45) is 1.96. The number of nitrogens with zero attached hydrogens (tertiary/aromatic N) is 2. The number of pyridine rings is 1. The molecule has 0 N–H and O–H groups in total.